The van der Waals surface area contributed by atoms with Crippen LogP contribution in [0.2, 0.25) is 0 Å². The predicted octanol–water partition coefficient (Wildman–Crippen LogP) is 1.85. The summed E-state index contributed by atoms with van der Waals surface area (Å²) in [6.45, 7) is 8.66. The number of hydrogen-bond donors (Lipinski definition) is 2. The minimum Gasteiger partial charge on any atom is -0.316 e. The second-order valence-electron chi connectivity index (χ2n) is 4.58. The van der Waals surface area contributed by atoms with Crippen molar-refractivity contribution in [2.45, 2.75) is 33.2 Å². The van der Waals surface area contributed by atoms with E-state index in [0.717, 1.165) is 19.0 Å². The molecule has 0 saturated carbocycles. The second-order valence-corrected chi connectivity index (χ2v) is 5.87. The normalized spacial score (nSPS) is 21.2. The third-order valence-corrected chi connectivity index (χ3v) is 4.19. The summed E-state index contributed by atoms with van der Waals surface area (Å²) in [6, 6.07) is 0. The molecule has 1 aliphatic rings. The molecular weight excluding hydrogens is 218 g/mol. The van der Waals surface area contributed by atoms with Crippen LogP contribution < -0.4 is 10.6 Å². The van der Waals surface area contributed by atoms with E-state index in [4.69, 9.17) is 0 Å². The first kappa shape index (κ1) is 12.0. The van der Waals surface area contributed by atoms with E-state index in [9.17, 15) is 0 Å². The van der Waals surface area contributed by atoms with Gasteiger partial charge in [-0.1, -0.05) is 0 Å². The maximum atomic E-state index is 4.44. The lowest BCUT2D eigenvalue weighted by atomic mass is 10.00. The van der Waals surface area contributed by atoms with Gasteiger partial charge in [0, 0.05) is 11.4 Å². The molecule has 0 bridgehead atoms. The molecule has 1 atom stereocenters. The average Bonchev–Trinajstić information content (AvgIpc) is 2.59. The molecule has 0 aliphatic carbocycles. The Bertz CT molecular complexity index is 329. The van der Waals surface area contributed by atoms with Crippen molar-refractivity contribution < 1.29 is 0 Å². The zero-order valence-electron chi connectivity index (χ0n) is 10.2. The lowest BCUT2D eigenvalue weighted by molar-refractivity contribution is 0.360. The molecule has 2 heterocycles. The van der Waals surface area contributed by atoms with Gasteiger partial charge in [-0.25, -0.2) is 4.98 Å². The van der Waals surface area contributed by atoms with Crippen LogP contribution in [0.5, 0.6) is 0 Å². The molecule has 16 heavy (non-hydrogen) atoms. The summed E-state index contributed by atoms with van der Waals surface area (Å²) in [6.07, 6.45) is 2.69. The molecule has 1 saturated heterocycles. The van der Waals surface area contributed by atoms with Crippen molar-refractivity contribution in [2.75, 3.05) is 19.6 Å². The third kappa shape index (κ3) is 3.27. The predicted molar refractivity (Wildman–Crippen MR) is 68.9 cm³/mol. The zero-order chi connectivity index (χ0) is 11.4. The van der Waals surface area contributed by atoms with Crippen LogP contribution in [0, 0.1) is 19.8 Å². The van der Waals surface area contributed by atoms with E-state index in [2.05, 4.69) is 29.5 Å². The van der Waals surface area contributed by atoms with Crippen molar-refractivity contribution in [3.8, 4) is 0 Å². The highest BCUT2D eigenvalue weighted by Crippen LogP contribution is 2.17. The number of aromatic nitrogens is 1. The standard InChI is InChI=1S/C12H21N3S/c1-9-12(16-10(2)15-9)8-14-7-11-4-3-5-13-6-11/h11,13-14H,3-8H2,1-2H3. The number of hydrogen-bond acceptors (Lipinski definition) is 4. The largest absolute Gasteiger partial charge is 0.316 e. The van der Waals surface area contributed by atoms with Crippen molar-refractivity contribution in [3.05, 3.63) is 15.6 Å². The fourth-order valence-electron chi connectivity index (χ4n) is 2.23. The molecule has 4 heteroatoms. The molecule has 0 amide bonds. The molecule has 3 nitrogen and oxygen atoms in total. The maximum Gasteiger partial charge on any atom is 0.0900 e. The highest BCUT2D eigenvalue weighted by atomic mass is 32.1. The summed E-state index contributed by atoms with van der Waals surface area (Å²) in [4.78, 5) is 5.83. The molecule has 0 radical (unpaired) electrons. The first-order valence-corrected chi connectivity index (χ1v) is 6.91. The van der Waals surface area contributed by atoms with Crippen LogP contribution in [0.4, 0.5) is 0 Å². The quantitative estimate of drug-likeness (QED) is 0.842. The topological polar surface area (TPSA) is 37.0 Å². The summed E-state index contributed by atoms with van der Waals surface area (Å²) in [7, 11) is 0. The minimum atomic E-state index is 0.808. The number of nitrogens with one attached hydrogen (secondary N) is 2. The van der Waals surface area contributed by atoms with Crippen LogP contribution in [-0.2, 0) is 6.54 Å². The highest BCUT2D eigenvalue weighted by molar-refractivity contribution is 7.11. The third-order valence-electron chi connectivity index (χ3n) is 3.12. The monoisotopic (exact) mass is 239 g/mol. The molecule has 2 N–H and O–H groups in total. The summed E-state index contributed by atoms with van der Waals surface area (Å²) in [5.74, 6) is 0.808. The van der Waals surface area contributed by atoms with Gasteiger partial charge in [-0.15, -0.1) is 11.3 Å². The van der Waals surface area contributed by atoms with E-state index < -0.39 is 0 Å². The Morgan fingerprint density at radius 2 is 2.38 bits per heavy atom. The second kappa shape index (κ2) is 5.75. The van der Waals surface area contributed by atoms with Crippen LogP contribution in [0.1, 0.15) is 28.4 Å². The smallest absolute Gasteiger partial charge is 0.0900 e. The number of nitrogens with zero attached hydrogens (tertiary/aromatic N) is 1. The Morgan fingerprint density at radius 1 is 1.50 bits per heavy atom. The van der Waals surface area contributed by atoms with E-state index in [0.29, 0.717) is 0 Å². The van der Waals surface area contributed by atoms with Gasteiger partial charge in [-0.05, 0) is 52.2 Å². The summed E-state index contributed by atoms with van der Waals surface area (Å²) < 4.78 is 0. The van der Waals surface area contributed by atoms with Crippen LogP contribution in [-0.4, -0.2) is 24.6 Å². The molecule has 0 spiro atoms. The number of aryl methyl sites for hydroxylation is 2. The number of rotatable bonds is 4. The summed E-state index contributed by atoms with van der Waals surface area (Å²) in [5, 5.41) is 8.18. The van der Waals surface area contributed by atoms with Gasteiger partial charge in [0.25, 0.3) is 0 Å². The van der Waals surface area contributed by atoms with Gasteiger partial charge in [-0.3, -0.25) is 0 Å². The van der Waals surface area contributed by atoms with Crippen LogP contribution in [0.15, 0.2) is 0 Å². The fraction of sp³-hybridized carbons (Fsp3) is 0.750. The van der Waals surface area contributed by atoms with Gasteiger partial charge in [0.1, 0.15) is 0 Å². The van der Waals surface area contributed by atoms with Crippen molar-refractivity contribution in [3.63, 3.8) is 0 Å². The van der Waals surface area contributed by atoms with E-state index in [-0.39, 0.29) is 0 Å². The maximum absolute atomic E-state index is 4.44. The van der Waals surface area contributed by atoms with Crippen molar-refractivity contribution in [2.24, 2.45) is 5.92 Å². The van der Waals surface area contributed by atoms with Gasteiger partial charge in [0.05, 0.1) is 10.7 Å². The lowest BCUT2D eigenvalue weighted by Crippen LogP contribution is -2.35. The number of piperidine rings is 1. The Labute approximate surface area is 102 Å². The molecular formula is C12H21N3S. The van der Waals surface area contributed by atoms with Gasteiger partial charge in [-0.2, -0.15) is 0 Å². The Balaban J connectivity index is 1.73. The minimum absolute atomic E-state index is 0.808. The molecule has 2 rings (SSSR count). The van der Waals surface area contributed by atoms with Crippen molar-refractivity contribution in [1.29, 1.82) is 0 Å². The fourth-order valence-corrected chi connectivity index (χ4v) is 3.13. The molecule has 1 aliphatic heterocycles. The van der Waals surface area contributed by atoms with Crippen LogP contribution >= 0.6 is 11.3 Å². The molecule has 90 valence electrons. The average molecular weight is 239 g/mol. The van der Waals surface area contributed by atoms with Crippen molar-refractivity contribution in [1.82, 2.24) is 15.6 Å². The van der Waals surface area contributed by atoms with Gasteiger partial charge < -0.3 is 10.6 Å². The van der Waals surface area contributed by atoms with Crippen molar-refractivity contribution >= 4 is 11.3 Å². The van der Waals surface area contributed by atoms with Gasteiger partial charge >= 0.3 is 0 Å². The van der Waals surface area contributed by atoms with E-state index in [1.165, 1.54) is 41.5 Å². The molecule has 0 aromatic carbocycles. The molecule has 1 aromatic rings. The lowest BCUT2D eigenvalue weighted by Gasteiger charge is -2.22. The Hall–Kier alpha value is -0.450. The summed E-state index contributed by atoms with van der Waals surface area (Å²) in [5.41, 5.74) is 1.19. The first-order valence-electron chi connectivity index (χ1n) is 6.10. The number of thiazole rings is 1. The van der Waals surface area contributed by atoms with Gasteiger partial charge in [0.15, 0.2) is 0 Å². The van der Waals surface area contributed by atoms with E-state index in [1.807, 2.05) is 11.3 Å². The van der Waals surface area contributed by atoms with Crippen LogP contribution in [0.25, 0.3) is 0 Å². The SMILES string of the molecule is Cc1nc(C)c(CNCC2CCCNC2)s1. The Kier molecular flexibility index (Phi) is 4.32. The van der Waals surface area contributed by atoms with Gasteiger partial charge in [0.2, 0.25) is 0 Å². The molecule has 1 unspecified atom stereocenters. The van der Waals surface area contributed by atoms with E-state index in [1.54, 1.807) is 0 Å². The highest BCUT2D eigenvalue weighted by Gasteiger charge is 2.12. The Morgan fingerprint density at radius 3 is 3.00 bits per heavy atom. The molecule has 1 fully saturated rings. The first-order chi connectivity index (χ1) is 7.75. The van der Waals surface area contributed by atoms with E-state index >= 15 is 0 Å². The summed E-state index contributed by atoms with van der Waals surface area (Å²) >= 11 is 1.81. The van der Waals surface area contributed by atoms with Crippen LogP contribution in [0.3, 0.4) is 0 Å². The zero-order valence-corrected chi connectivity index (χ0v) is 11.0. The molecule has 1 aromatic heterocycles.